The Balaban J connectivity index is 3.17. The summed E-state index contributed by atoms with van der Waals surface area (Å²) in [5.41, 5.74) is -1.38. The number of aliphatic carboxylic acids is 1. The molecule has 0 aromatic heterocycles. The minimum Gasteiger partial charge on any atom is -0.733 e. The van der Waals surface area contributed by atoms with Crippen molar-refractivity contribution in [3.05, 3.63) is 35.0 Å². The van der Waals surface area contributed by atoms with E-state index in [1.807, 2.05) is 5.32 Å². The van der Waals surface area contributed by atoms with Crippen LogP contribution in [0.1, 0.15) is 39.4 Å². The molecule has 1 aromatic rings. The van der Waals surface area contributed by atoms with Gasteiger partial charge in [-0.2, -0.15) is 0 Å². The zero-order chi connectivity index (χ0) is 20.1. The Hall–Kier alpha value is -2.85. The number of nitrogens with one attached hydrogen (secondary N) is 1. The van der Waals surface area contributed by atoms with Gasteiger partial charge in [-0.05, 0) is 33.8 Å². The largest absolute Gasteiger partial charge is 0.733 e. The van der Waals surface area contributed by atoms with Crippen molar-refractivity contribution in [2.75, 3.05) is 5.23 Å². The number of anilines is 1. The lowest BCUT2D eigenvalue weighted by Crippen LogP contribution is -2.40. The monoisotopic (exact) mass is 369 g/mol. The zero-order valence-electron chi connectivity index (χ0n) is 14.8. The third-order valence-electron chi connectivity index (χ3n) is 2.98. The van der Waals surface area contributed by atoms with Crippen LogP contribution in [-0.2, 0) is 19.1 Å². The number of benzene rings is 1. The highest BCUT2D eigenvalue weighted by Gasteiger charge is 2.32. The molecular formula is C16H21N2O8-. The highest BCUT2D eigenvalue weighted by molar-refractivity contribution is 5.84. The van der Waals surface area contributed by atoms with Gasteiger partial charge in [0.25, 0.3) is 0 Å². The maximum Gasteiger partial charge on any atom is 0.409 e. The molecule has 10 heteroatoms. The van der Waals surface area contributed by atoms with Crippen molar-refractivity contribution in [2.24, 2.45) is 0 Å². The number of ether oxygens (including phenoxy) is 2. The summed E-state index contributed by atoms with van der Waals surface area (Å²) >= 11 is 0. The highest BCUT2D eigenvalue weighted by Crippen LogP contribution is 2.30. The van der Waals surface area contributed by atoms with E-state index >= 15 is 0 Å². The van der Waals surface area contributed by atoms with Gasteiger partial charge < -0.3 is 30.3 Å². The number of rotatable bonds is 6. The van der Waals surface area contributed by atoms with E-state index in [1.54, 1.807) is 20.8 Å². The highest BCUT2D eigenvalue weighted by atomic mass is 16.8. The van der Waals surface area contributed by atoms with Gasteiger partial charge in [0.1, 0.15) is 11.6 Å². The summed E-state index contributed by atoms with van der Waals surface area (Å²) < 4.78 is 10.2. The van der Waals surface area contributed by atoms with Crippen molar-refractivity contribution in [2.45, 2.75) is 45.4 Å². The van der Waals surface area contributed by atoms with E-state index in [1.165, 1.54) is 31.2 Å². The minimum absolute atomic E-state index is 0.127. The predicted octanol–water partition coefficient (Wildman–Crippen LogP) is 1.96. The molecule has 0 radical (unpaired) electrons. The van der Waals surface area contributed by atoms with Crippen LogP contribution >= 0.6 is 0 Å². The number of amides is 1. The number of alkyl carbamates (subject to hydrolysis) is 1. The van der Waals surface area contributed by atoms with E-state index in [0.29, 0.717) is 0 Å². The Morgan fingerprint density at radius 2 is 1.81 bits per heavy atom. The van der Waals surface area contributed by atoms with Crippen LogP contribution in [0.2, 0.25) is 0 Å². The molecule has 1 amide bonds. The molecule has 0 aliphatic heterocycles. The summed E-state index contributed by atoms with van der Waals surface area (Å²) in [4.78, 5) is 35.2. The lowest BCUT2D eigenvalue weighted by Gasteiger charge is -2.29. The summed E-state index contributed by atoms with van der Waals surface area (Å²) in [6, 6.07) is 4.12. The van der Waals surface area contributed by atoms with Crippen molar-refractivity contribution in [3.8, 4) is 0 Å². The number of esters is 1. The predicted molar refractivity (Wildman–Crippen MR) is 89.4 cm³/mol. The van der Waals surface area contributed by atoms with Crippen molar-refractivity contribution in [1.29, 1.82) is 0 Å². The van der Waals surface area contributed by atoms with E-state index in [9.17, 15) is 24.8 Å². The van der Waals surface area contributed by atoms with Crippen molar-refractivity contribution >= 4 is 23.7 Å². The molecule has 1 unspecified atom stereocenters. The Bertz CT molecular complexity index is 668. The summed E-state index contributed by atoms with van der Waals surface area (Å²) in [5.74, 6) is -2.30. The number of carboxylic acid groups (broad SMARTS) is 1. The molecule has 3 N–H and O–H groups in total. The molecule has 1 rings (SSSR count). The molecule has 0 aliphatic rings. The Kier molecular flexibility index (Phi) is 6.93. The lowest BCUT2D eigenvalue weighted by atomic mass is 10.1. The minimum atomic E-state index is -1.70. The second-order valence-corrected chi connectivity index (χ2v) is 6.35. The van der Waals surface area contributed by atoms with Crippen LogP contribution in [0.5, 0.6) is 0 Å². The maximum absolute atomic E-state index is 12.4. The molecule has 0 spiro atoms. The van der Waals surface area contributed by atoms with Crippen LogP contribution in [0.25, 0.3) is 0 Å². The fourth-order valence-corrected chi connectivity index (χ4v) is 1.86. The average molecular weight is 369 g/mol. The normalized spacial score (nSPS) is 13.3. The van der Waals surface area contributed by atoms with Crippen LogP contribution in [0.15, 0.2) is 24.3 Å². The number of nitrogens with zero attached hydrogens (tertiary/aromatic N) is 1. The quantitative estimate of drug-likeness (QED) is 0.505. The van der Waals surface area contributed by atoms with E-state index in [4.69, 9.17) is 14.6 Å². The zero-order valence-corrected chi connectivity index (χ0v) is 14.8. The van der Waals surface area contributed by atoms with Gasteiger partial charge in [-0.1, -0.05) is 18.2 Å². The molecule has 0 heterocycles. The summed E-state index contributed by atoms with van der Waals surface area (Å²) in [6.45, 7) is 5.97. The van der Waals surface area contributed by atoms with E-state index in [0.717, 1.165) is 0 Å². The molecule has 0 fully saturated rings. The molecule has 2 atom stereocenters. The SMILES string of the molecule is C[C@H](NC(=O)OC(C(=O)OC(C)(C)C)c1ccccc1N([O-])O)C(=O)O. The number of hydrogen-bond acceptors (Lipinski definition) is 8. The number of hydrogen-bond donors (Lipinski definition) is 3. The van der Waals surface area contributed by atoms with Gasteiger partial charge in [0.05, 0.1) is 5.69 Å². The molecule has 0 aliphatic carbocycles. The lowest BCUT2D eigenvalue weighted by molar-refractivity contribution is -0.165. The van der Waals surface area contributed by atoms with Gasteiger partial charge in [0, 0.05) is 5.56 Å². The summed E-state index contributed by atoms with van der Waals surface area (Å²) in [6.07, 6.45) is -2.91. The van der Waals surface area contributed by atoms with Crippen molar-refractivity contribution in [1.82, 2.24) is 5.32 Å². The standard InChI is InChI=1S/C16H21N2O8/c1-9(13(19)20)17-15(22)25-12(14(21)26-16(2,3)4)10-7-5-6-8-11(10)18(23)24/h5-9,12,23H,1-4H3,(H,17,22)(H,19,20)/q-1/t9-,12?/m0/s1. The van der Waals surface area contributed by atoms with E-state index in [-0.39, 0.29) is 11.3 Å². The van der Waals surface area contributed by atoms with Crippen LogP contribution in [0.4, 0.5) is 10.5 Å². The molecule has 10 nitrogen and oxygen atoms in total. The van der Waals surface area contributed by atoms with E-state index < -0.39 is 41.0 Å². The fraction of sp³-hybridized carbons (Fsp3) is 0.438. The van der Waals surface area contributed by atoms with Gasteiger partial charge in [-0.3, -0.25) is 10.0 Å². The first-order valence-electron chi connectivity index (χ1n) is 7.60. The van der Waals surface area contributed by atoms with Gasteiger partial charge in [0.2, 0.25) is 6.10 Å². The van der Waals surface area contributed by atoms with Gasteiger partial charge >= 0.3 is 18.0 Å². The number of carboxylic acids is 1. The Morgan fingerprint density at radius 3 is 2.31 bits per heavy atom. The number of carbonyl (C=O) groups is 3. The fourth-order valence-electron chi connectivity index (χ4n) is 1.86. The Labute approximate surface area is 149 Å². The topological polar surface area (TPSA) is 148 Å². The smallest absolute Gasteiger partial charge is 0.409 e. The first-order chi connectivity index (χ1) is 11.9. The second kappa shape index (κ2) is 8.50. The van der Waals surface area contributed by atoms with Gasteiger partial charge in [-0.25, -0.2) is 9.59 Å². The second-order valence-electron chi connectivity index (χ2n) is 6.35. The first-order valence-corrected chi connectivity index (χ1v) is 7.60. The molecule has 0 saturated heterocycles. The van der Waals surface area contributed by atoms with Crippen molar-refractivity contribution in [3.63, 3.8) is 0 Å². The van der Waals surface area contributed by atoms with Gasteiger partial charge in [0.15, 0.2) is 0 Å². The molecule has 144 valence electrons. The van der Waals surface area contributed by atoms with E-state index in [2.05, 4.69) is 0 Å². The molecule has 0 bridgehead atoms. The van der Waals surface area contributed by atoms with Crippen molar-refractivity contribution < 1.29 is 34.2 Å². The van der Waals surface area contributed by atoms with Crippen LogP contribution < -0.4 is 10.5 Å². The molecule has 0 saturated carbocycles. The maximum atomic E-state index is 12.4. The first kappa shape index (κ1) is 21.2. The molecular weight excluding hydrogens is 348 g/mol. The third-order valence-corrected chi connectivity index (χ3v) is 2.98. The Morgan fingerprint density at radius 1 is 1.23 bits per heavy atom. The van der Waals surface area contributed by atoms with Crippen LogP contribution in [0, 0.1) is 5.21 Å². The third kappa shape index (κ3) is 6.22. The van der Waals surface area contributed by atoms with Gasteiger partial charge in [-0.15, -0.1) is 0 Å². The molecule has 1 aromatic carbocycles. The average Bonchev–Trinajstić information content (AvgIpc) is 2.50. The number of carbonyl (C=O) groups excluding carboxylic acids is 2. The number of para-hydroxylation sites is 1. The summed E-state index contributed by atoms with van der Waals surface area (Å²) in [5, 5.41) is 30.9. The molecule has 26 heavy (non-hydrogen) atoms. The van der Waals surface area contributed by atoms with Crippen LogP contribution in [-0.4, -0.2) is 40.0 Å². The summed E-state index contributed by atoms with van der Waals surface area (Å²) in [7, 11) is 0. The van der Waals surface area contributed by atoms with Crippen LogP contribution in [0.3, 0.4) is 0 Å².